The number of nitrogens with one attached hydrogen (secondary N) is 1. The third-order valence-corrected chi connectivity index (χ3v) is 3.63. The Kier molecular flexibility index (Phi) is 5.44. The van der Waals surface area contributed by atoms with Crippen LogP contribution in [-0.2, 0) is 4.79 Å². The molecule has 1 aliphatic rings. The minimum atomic E-state index is -0.770. The molecule has 1 aliphatic heterocycles. The number of amides is 2. The number of hydrogen-bond acceptors (Lipinski definition) is 2. The molecule has 1 atom stereocenters. The molecule has 104 valence electrons. The van der Waals surface area contributed by atoms with Gasteiger partial charge in [-0.25, -0.2) is 4.79 Å². The molecule has 0 aromatic heterocycles. The van der Waals surface area contributed by atoms with Gasteiger partial charge in [0.05, 0.1) is 5.41 Å². The topological polar surface area (TPSA) is 69.6 Å². The van der Waals surface area contributed by atoms with Gasteiger partial charge in [-0.3, -0.25) is 4.79 Å². The van der Waals surface area contributed by atoms with Crippen LogP contribution in [0, 0.1) is 5.41 Å². The number of carboxylic acids is 1. The summed E-state index contributed by atoms with van der Waals surface area (Å²) in [7, 11) is 0. The van der Waals surface area contributed by atoms with Crippen LogP contribution >= 0.6 is 0 Å². The fraction of sp³-hybridized carbons (Fsp3) is 0.846. The predicted molar refractivity (Wildman–Crippen MR) is 69.5 cm³/mol. The second-order valence-electron chi connectivity index (χ2n) is 5.09. The highest BCUT2D eigenvalue weighted by Gasteiger charge is 2.45. The summed E-state index contributed by atoms with van der Waals surface area (Å²) in [5.74, 6) is -0.770. The molecule has 1 heterocycles. The number of nitrogens with zero attached hydrogens (tertiary/aromatic N) is 1. The smallest absolute Gasteiger partial charge is 0.317 e. The van der Waals surface area contributed by atoms with Gasteiger partial charge in [-0.1, -0.05) is 26.7 Å². The zero-order valence-corrected chi connectivity index (χ0v) is 11.4. The van der Waals surface area contributed by atoms with Crippen LogP contribution in [0.3, 0.4) is 0 Å². The fourth-order valence-corrected chi connectivity index (χ4v) is 2.49. The summed E-state index contributed by atoms with van der Waals surface area (Å²) < 4.78 is 0. The van der Waals surface area contributed by atoms with E-state index in [9.17, 15) is 14.7 Å². The average Bonchev–Trinajstić information content (AvgIpc) is 2.75. The number of hydrogen-bond donors (Lipinski definition) is 2. The zero-order chi connectivity index (χ0) is 13.6. The van der Waals surface area contributed by atoms with Crippen molar-refractivity contribution in [2.75, 3.05) is 19.6 Å². The van der Waals surface area contributed by atoms with Gasteiger partial charge in [-0.15, -0.1) is 0 Å². The van der Waals surface area contributed by atoms with Crippen LogP contribution in [0.15, 0.2) is 0 Å². The highest BCUT2D eigenvalue weighted by Crippen LogP contribution is 2.35. The Morgan fingerprint density at radius 2 is 2.06 bits per heavy atom. The van der Waals surface area contributed by atoms with Crippen LogP contribution in [0.4, 0.5) is 4.79 Å². The van der Waals surface area contributed by atoms with Crippen LogP contribution in [0.2, 0.25) is 0 Å². The lowest BCUT2D eigenvalue weighted by atomic mass is 9.83. The lowest BCUT2D eigenvalue weighted by Crippen LogP contribution is -2.42. The molecule has 0 bridgehead atoms. The molecular weight excluding hydrogens is 232 g/mol. The summed E-state index contributed by atoms with van der Waals surface area (Å²) in [5, 5.41) is 12.2. The molecule has 1 saturated heterocycles. The van der Waals surface area contributed by atoms with Crippen molar-refractivity contribution < 1.29 is 14.7 Å². The van der Waals surface area contributed by atoms with Gasteiger partial charge in [0.2, 0.25) is 0 Å². The number of aliphatic carboxylic acids is 1. The number of likely N-dealkylation sites (tertiary alicyclic amines) is 1. The van der Waals surface area contributed by atoms with Crippen molar-refractivity contribution >= 4 is 12.0 Å². The summed E-state index contributed by atoms with van der Waals surface area (Å²) in [6.07, 6.45) is 4.03. The molecule has 1 rings (SSSR count). The second-order valence-corrected chi connectivity index (χ2v) is 5.09. The summed E-state index contributed by atoms with van der Waals surface area (Å²) >= 11 is 0. The number of carbonyl (C=O) groups excluding carboxylic acids is 1. The van der Waals surface area contributed by atoms with Crippen molar-refractivity contribution in [3.8, 4) is 0 Å². The molecule has 0 aromatic carbocycles. The molecular formula is C13H24N2O3. The van der Waals surface area contributed by atoms with Crippen molar-refractivity contribution in [1.29, 1.82) is 0 Å². The Balaban J connectivity index is 2.52. The van der Waals surface area contributed by atoms with Crippen LogP contribution in [-0.4, -0.2) is 41.6 Å². The van der Waals surface area contributed by atoms with Crippen molar-refractivity contribution in [3.63, 3.8) is 0 Å². The summed E-state index contributed by atoms with van der Waals surface area (Å²) in [5.41, 5.74) is -0.725. The van der Waals surface area contributed by atoms with Crippen molar-refractivity contribution in [1.82, 2.24) is 10.2 Å². The van der Waals surface area contributed by atoms with Crippen LogP contribution in [0.1, 0.15) is 46.0 Å². The molecule has 1 fully saturated rings. The van der Waals surface area contributed by atoms with Crippen molar-refractivity contribution in [3.05, 3.63) is 0 Å². The molecule has 0 spiro atoms. The first-order valence-electron chi connectivity index (χ1n) is 6.82. The summed E-state index contributed by atoms with van der Waals surface area (Å²) in [6.45, 7) is 5.60. The maximum Gasteiger partial charge on any atom is 0.317 e. The van der Waals surface area contributed by atoms with Gasteiger partial charge >= 0.3 is 12.0 Å². The molecule has 5 nitrogen and oxygen atoms in total. The van der Waals surface area contributed by atoms with Gasteiger partial charge in [0, 0.05) is 19.6 Å². The quantitative estimate of drug-likeness (QED) is 0.715. The van der Waals surface area contributed by atoms with E-state index in [0.717, 1.165) is 19.3 Å². The maximum absolute atomic E-state index is 11.9. The Bertz CT molecular complexity index is 307. The van der Waals surface area contributed by atoms with E-state index in [0.29, 0.717) is 32.5 Å². The van der Waals surface area contributed by atoms with Gasteiger partial charge in [-0.2, -0.15) is 0 Å². The largest absolute Gasteiger partial charge is 0.481 e. The number of carboxylic acid groups (broad SMARTS) is 1. The Hall–Kier alpha value is -1.26. The highest BCUT2D eigenvalue weighted by molar-refractivity contribution is 5.79. The minimum absolute atomic E-state index is 0.123. The van der Waals surface area contributed by atoms with E-state index in [2.05, 4.69) is 12.2 Å². The van der Waals surface area contributed by atoms with E-state index >= 15 is 0 Å². The summed E-state index contributed by atoms with van der Waals surface area (Å²) in [6, 6.07) is -0.123. The van der Waals surface area contributed by atoms with E-state index in [1.165, 1.54) is 0 Å². The van der Waals surface area contributed by atoms with E-state index in [-0.39, 0.29) is 6.03 Å². The minimum Gasteiger partial charge on any atom is -0.481 e. The standard InChI is InChI=1S/C13H24N2O3/c1-3-5-8-14-12(18)15-9-7-13(10-15,6-4-2)11(16)17/h3-10H2,1-2H3,(H,14,18)(H,16,17). The average molecular weight is 256 g/mol. The molecule has 1 unspecified atom stereocenters. The van der Waals surface area contributed by atoms with E-state index in [1.807, 2.05) is 6.92 Å². The summed E-state index contributed by atoms with van der Waals surface area (Å²) in [4.78, 5) is 24.9. The fourth-order valence-electron chi connectivity index (χ4n) is 2.49. The monoisotopic (exact) mass is 256 g/mol. The number of urea groups is 1. The second kappa shape index (κ2) is 6.61. The van der Waals surface area contributed by atoms with Gasteiger partial charge in [-0.05, 0) is 19.3 Å². The first-order valence-corrected chi connectivity index (χ1v) is 6.82. The number of carbonyl (C=O) groups is 2. The molecule has 5 heteroatoms. The Labute approximate surface area is 109 Å². The van der Waals surface area contributed by atoms with E-state index < -0.39 is 11.4 Å². The number of rotatable bonds is 6. The Morgan fingerprint density at radius 1 is 1.33 bits per heavy atom. The van der Waals surface area contributed by atoms with Gasteiger partial charge in [0.15, 0.2) is 0 Å². The van der Waals surface area contributed by atoms with E-state index in [4.69, 9.17) is 0 Å². The predicted octanol–water partition coefficient (Wildman–Crippen LogP) is 2.07. The van der Waals surface area contributed by atoms with Crippen LogP contribution < -0.4 is 5.32 Å². The van der Waals surface area contributed by atoms with Gasteiger partial charge < -0.3 is 15.3 Å². The number of unbranched alkanes of at least 4 members (excludes halogenated alkanes) is 1. The van der Waals surface area contributed by atoms with E-state index in [1.54, 1.807) is 4.90 Å². The third kappa shape index (κ3) is 3.37. The molecule has 18 heavy (non-hydrogen) atoms. The van der Waals surface area contributed by atoms with Crippen LogP contribution in [0.5, 0.6) is 0 Å². The Morgan fingerprint density at radius 3 is 2.61 bits per heavy atom. The molecule has 0 saturated carbocycles. The van der Waals surface area contributed by atoms with Crippen molar-refractivity contribution in [2.24, 2.45) is 5.41 Å². The van der Waals surface area contributed by atoms with Crippen LogP contribution in [0.25, 0.3) is 0 Å². The molecule has 0 radical (unpaired) electrons. The lowest BCUT2D eigenvalue weighted by molar-refractivity contribution is -0.148. The maximum atomic E-state index is 11.9. The zero-order valence-electron chi connectivity index (χ0n) is 11.4. The normalized spacial score (nSPS) is 23.1. The molecule has 0 aromatic rings. The van der Waals surface area contributed by atoms with Gasteiger partial charge in [0.1, 0.15) is 0 Å². The SMILES string of the molecule is CCCCNC(=O)N1CCC(CCC)(C(=O)O)C1. The highest BCUT2D eigenvalue weighted by atomic mass is 16.4. The van der Waals surface area contributed by atoms with Crippen molar-refractivity contribution in [2.45, 2.75) is 46.0 Å². The van der Waals surface area contributed by atoms with Gasteiger partial charge in [0.25, 0.3) is 0 Å². The molecule has 2 N–H and O–H groups in total. The first-order chi connectivity index (χ1) is 8.55. The molecule has 0 aliphatic carbocycles. The first kappa shape index (κ1) is 14.8. The molecule has 2 amide bonds. The third-order valence-electron chi connectivity index (χ3n) is 3.63. The lowest BCUT2D eigenvalue weighted by Gasteiger charge is -2.24.